The van der Waals surface area contributed by atoms with Crippen LogP contribution in [0, 0.1) is 0 Å². The van der Waals surface area contributed by atoms with Crippen LogP contribution in [0.5, 0.6) is 0 Å². The maximum atomic E-state index is 5.79. The minimum absolute atomic E-state index is 0.438. The highest BCUT2D eigenvalue weighted by Gasteiger charge is 2.23. The van der Waals surface area contributed by atoms with E-state index in [0.29, 0.717) is 6.04 Å². The van der Waals surface area contributed by atoms with Gasteiger partial charge in [0.05, 0.1) is 6.04 Å². The zero-order valence-corrected chi connectivity index (χ0v) is 11.6. The Labute approximate surface area is 120 Å². The molecule has 0 saturated carbocycles. The first-order valence-electron chi connectivity index (χ1n) is 7.22. The van der Waals surface area contributed by atoms with Crippen LogP contribution in [0.3, 0.4) is 0 Å². The van der Waals surface area contributed by atoms with Gasteiger partial charge >= 0.3 is 0 Å². The Kier molecular flexibility index (Phi) is 3.50. The van der Waals surface area contributed by atoms with Gasteiger partial charge in [0, 0.05) is 23.6 Å². The van der Waals surface area contributed by atoms with Gasteiger partial charge in [-0.3, -0.25) is 0 Å². The van der Waals surface area contributed by atoms with Crippen LogP contribution in [0.1, 0.15) is 30.9 Å². The molecule has 0 spiro atoms. The quantitative estimate of drug-likeness (QED) is 0.818. The molecule has 20 heavy (non-hydrogen) atoms. The average molecular weight is 267 g/mol. The van der Waals surface area contributed by atoms with Gasteiger partial charge in [0.25, 0.3) is 0 Å². The zero-order valence-electron chi connectivity index (χ0n) is 11.6. The Morgan fingerprint density at radius 1 is 0.800 bits per heavy atom. The van der Waals surface area contributed by atoms with Crippen molar-refractivity contribution in [2.24, 2.45) is 0 Å². The van der Waals surface area contributed by atoms with E-state index in [0.717, 1.165) is 17.9 Å². The van der Waals surface area contributed by atoms with Crippen LogP contribution in [0.4, 0.5) is 17.1 Å². The van der Waals surface area contributed by atoms with E-state index in [2.05, 4.69) is 29.2 Å². The standard InChI is InChI=1S/C17H21N3/c18-14-6-4-13(5-7-14)17-3-1-2-12-20(17)16-10-8-15(19)9-11-16/h4-11,17H,1-3,12,18-19H2. The zero-order chi connectivity index (χ0) is 13.9. The first-order valence-corrected chi connectivity index (χ1v) is 7.22. The molecule has 0 bridgehead atoms. The number of rotatable bonds is 2. The molecule has 0 radical (unpaired) electrons. The van der Waals surface area contributed by atoms with Crippen LogP contribution in [-0.2, 0) is 0 Å². The Hall–Kier alpha value is -2.16. The summed E-state index contributed by atoms with van der Waals surface area (Å²) in [7, 11) is 0. The topological polar surface area (TPSA) is 55.3 Å². The molecule has 1 unspecified atom stereocenters. The molecule has 1 atom stereocenters. The van der Waals surface area contributed by atoms with Crippen molar-refractivity contribution in [1.82, 2.24) is 0 Å². The summed E-state index contributed by atoms with van der Waals surface area (Å²) in [6, 6.07) is 16.9. The Morgan fingerprint density at radius 2 is 1.40 bits per heavy atom. The van der Waals surface area contributed by atoms with E-state index in [1.54, 1.807) is 0 Å². The molecule has 2 aromatic carbocycles. The third-order valence-electron chi connectivity index (χ3n) is 4.05. The highest BCUT2D eigenvalue weighted by molar-refractivity contribution is 5.55. The third kappa shape index (κ3) is 2.57. The van der Waals surface area contributed by atoms with E-state index < -0.39 is 0 Å². The molecule has 3 rings (SSSR count). The number of nitrogens with two attached hydrogens (primary N) is 2. The molecule has 3 heteroatoms. The number of anilines is 3. The van der Waals surface area contributed by atoms with Crippen molar-refractivity contribution in [3.05, 3.63) is 54.1 Å². The third-order valence-corrected chi connectivity index (χ3v) is 4.05. The van der Waals surface area contributed by atoms with Gasteiger partial charge in [-0.05, 0) is 61.2 Å². The van der Waals surface area contributed by atoms with Crippen LogP contribution in [-0.4, -0.2) is 6.54 Å². The molecule has 1 saturated heterocycles. The van der Waals surface area contributed by atoms with Crippen molar-refractivity contribution in [3.8, 4) is 0 Å². The molecule has 104 valence electrons. The summed E-state index contributed by atoms with van der Waals surface area (Å²) in [5.74, 6) is 0. The summed E-state index contributed by atoms with van der Waals surface area (Å²) in [5, 5.41) is 0. The molecule has 3 nitrogen and oxygen atoms in total. The van der Waals surface area contributed by atoms with E-state index in [1.807, 2.05) is 24.3 Å². The molecule has 1 aliphatic rings. The lowest BCUT2D eigenvalue weighted by atomic mass is 9.94. The van der Waals surface area contributed by atoms with Crippen LogP contribution in [0.25, 0.3) is 0 Å². The van der Waals surface area contributed by atoms with Gasteiger partial charge in [-0.1, -0.05) is 12.1 Å². The summed E-state index contributed by atoms with van der Waals surface area (Å²) in [4.78, 5) is 2.48. The fourth-order valence-electron chi connectivity index (χ4n) is 2.97. The molecule has 0 aromatic heterocycles. The van der Waals surface area contributed by atoms with Gasteiger partial charge in [-0.25, -0.2) is 0 Å². The Morgan fingerprint density at radius 3 is 2.05 bits per heavy atom. The summed E-state index contributed by atoms with van der Waals surface area (Å²) >= 11 is 0. The van der Waals surface area contributed by atoms with Gasteiger partial charge in [-0.15, -0.1) is 0 Å². The number of nitrogens with zero attached hydrogens (tertiary/aromatic N) is 1. The normalized spacial score (nSPS) is 19.0. The lowest BCUT2D eigenvalue weighted by Gasteiger charge is -2.38. The van der Waals surface area contributed by atoms with Crippen molar-refractivity contribution in [1.29, 1.82) is 0 Å². The van der Waals surface area contributed by atoms with Gasteiger partial charge < -0.3 is 16.4 Å². The first-order chi connectivity index (χ1) is 9.74. The van der Waals surface area contributed by atoms with Crippen LogP contribution < -0.4 is 16.4 Å². The Balaban J connectivity index is 1.90. The number of hydrogen-bond donors (Lipinski definition) is 2. The maximum Gasteiger partial charge on any atom is 0.0542 e. The predicted molar refractivity (Wildman–Crippen MR) is 85.6 cm³/mol. The highest BCUT2D eigenvalue weighted by atomic mass is 15.2. The monoisotopic (exact) mass is 267 g/mol. The van der Waals surface area contributed by atoms with Crippen LogP contribution in [0.2, 0.25) is 0 Å². The van der Waals surface area contributed by atoms with Crippen molar-refractivity contribution in [3.63, 3.8) is 0 Å². The smallest absolute Gasteiger partial charge is 0.0542 e. The molecule has 1 heterocycles. The molecule has 0 amide bonds. The number of piperidine rings is 1. The maximum absolute atomic E-state index is 5.79. The second-order valence-electron chi connectivity index (χ2n) is 5.46. The molecule has 1 aliphatic heterocycles. The fourth-order valence-corrected chi connectivity index (χ4v) is 2.97. The van der Waals surface area contributed by atoms with E-state index in [9.17, 15) is 0 Å². The minimum Gasteiger partial charge on any atom is -0.399 e. The van der Waals surface area contributed by atoms with Crippen molar-refractivity contribution in [2.45, 2.75) is 25.3 Å². The molecule has 4 N–H and O–H groups in total. The average Bonchev–Trinajstić information content (AvgIpc) is 2.49. The van der Waals surface area contributed by atoms with Crippen LogP contribution in [0.15, 0.2) is 48.5 Å². The lowest BCUT2D eigenvalue weighted by Crippen LogP contribution is -2.33. The molecular formula is C17H21N3. The number of benzene rings is 2. The Bertz CT molecular complexity index is 506. The van der Waals surface area contributed by atoms with E-state index in [1.165, 1.54) is 30.5 Å². The number of nitrogen functional groups attached to an aromatic ring is 2. The van der Waals surface area contributed by atoms with E-state index in [4.69, 9.17) is 11.5 Å². The first kappa shape index (κ1) is 12.9. The summed E-state index contributed by atoms with van der Waals surface area (Å²) in [6.45, 7) is 1.10. The SMILES string of the molecule is Nc1ccc(C2CCCCN2c2ccc(N)cc2)cc1. The van der Waals surface area contributed by atoms with Crippen molar-refractivity contribution in [2.75, 3.05) is 22.9 Å². The van der Waals surface area contributed by atoms with Gasteiger partial charge in [0.2, 0.25) is 0 Å². The molecule has 2 aromatic rings. The highest BCUT2D eigenvalue weighted by Crippen LogP contribution is 2.35. The number of hydrogen-bond acceptors (Lipinski definition) is 3. The van der Waals surface area contributed by atoms with Gasteiger partial charge in [0.15, 0.2) is 0 Å². The van der Waals surface area contributed by atoms with E-state index >= 15 is 0 Å². The van der Waals surface area contributed by atoms with Crippen molar-refractivity contribution >= 4 is 17.1 Å². The van der Waals surface area contributed by atoms with Gasteiger partial charge in [-0.2, -0.15) is 0 Å². The van der Waals surface area contributed by atoms with Gasteiger partial charge in [0.1, 0.15) is 0 Å². The fraction of sp³-hybridized carbons (Fsp3) is 0.294. The van der Waals surface area contributed by atoms with Crippen LogP contribution >= 0.6 is 0 Å². The molecule has 0 aliphatic carbocycles. The predicted octanol–water partition coefficient (Wildman–Crippen LogP) is 3.58. The second-order valence-corrected chi connectivity index (χ2v) is 5.46. The molecular weight excluding hydrogens is 246 g/mol. The summed E-state index contributed by atoms with van der Waals surface area (Å²) in [5.41, 5.74) is 15.8. The lowest BCUT2D eigenvalue weighted by molar-refractivity contribution is 0.473. The summed E-state index contributed by atoms with van der Waals surface area (Å²) in [6.07, 6.45) is 3.71. The minimum atomic E-state index is 0.438. The largest absolute Gasteiger partial charge is 0.399 e. The second kappa shape index (κ2) is 5.45. The molecule has 1 fully saturated rings. The summed E-state index contributed by atoms with van der Waals surface area (Å²) < 4.78 is 0. The van der Waals surface area contributed by atoms with E-state index in [-0.39, 0.29) is 0 Å². The van der Waals surface area contributed by atoms with Crippen molar-refractivity contribution < 1.29 is 0 Å².